The zero-order valence-electron chi connectivity index (χ0n) is 8.16. The number of anilines is 1. The molecule has 0 bridgehead atoms. The first-order chi connectivity index (χ1) is 7.47. The average Bonchev–Trinajstić information content (AvgIpc) is 2.27. The molecule has 1 aromatic rings. The van der Waals surface area contributed by atoms with E-state index in [2.05, 4.69) is 0 Å². The number of rotatable bonds is 3. The number of nitrogen functional groups attached to an aromatic ring is 1. The molecule has 5 N–H and O–H groups in total. The summed E-state index contributed by atoms with van der Waals surface area (Å²) < 4.78 is 0. The Labute approximate surface area is 91.2 Å². The third-order valence-electron chi connectivity index (χ3n) is 2.09. The van der Waals surface area contributed by atoms with Gasteiger partial charge < -0.3 is 21.1 Å². The maximum atomic E-state index is 10.4. The van der Waals surface area contributed by atoms with E-state index in [9.17, 15) is 9.90 Å². The van der Waals surface area contributed by atoms with Gasteiger partial charge in [-0.15, -0.1) is 0 Å². The van der Waals surface area contributed by atoms with Gasteiger partial charge in [-0.3, -0.25) is 0 Å². The molecule has 0 aromatic heterocycles. The van der Waals surface area contributed by atoms with Crippen LogP contribution in [-0.2, 0) is 4.79 Å². The fraction of sp³-hybridized carbons (Fsp3) is 0.200. The average molecular weight is 222 g/mol. The van der Waals surface area contributed by atoms with Gasteiger partial charge in [0.15, 0.2) is 6.10 Å². The van der Waals surface area contributed by atoms with Crippen LogP contribution in [0.15, 0.2) is 18.2 Å². The fourth-order valence-electron chi connectivity index (χ4n) is 1.17. The number of carbonyl (C=O) groups is 1. The van der Waals surface area contributed by atoms with Crippen LogP contribution >= 0.6 is 0 Å². The molecule has 2 unspecified atom stereocenters. The Morgan fingerprint density at radius 3 is 2.56 bits per heavy atom. The maximum Gasteiger partial charge on any atom is 0.335 e. The standard InChI is InChI=1S/C10H10N2O4/c11-4-6-3-5(1-2-7(6)12)8(13)9(14)10(15)16/h1-3,8-9,13-14H,12H2,(H,15,16). The van der Waals surface area contributed by atoms with Crippen LogP contribution in [0.1, 0.15) is 17.2 Å². The summed E-state index contributed by atoms with van der Waals surface area (Å²) in [7, 11) is 0. The molecule has 0 saturated heterocycles. The summed E-state index contributed by atoms with van der Waals surface area (Å²) in [5.74, 6) is -1.54. The van der Waals surface area contributed by atoms with Crippen LogP contribution in [0.4, 0.5) is 5.69 Å². The molecular weight excluding hydrogens is 212 g/mol. The van der Waals surface area contributed by atoms with Crippen LogP contribution in [-0.4, -0.2) is 27.4 Å². The number of nitriles is 1. The lowest BCUT2D eigenvalue weighted by molar-refractivity contribution is -0.153. The molecule has 0 heterocycles. The molecule has 1 aromatic carbocycles. The van der Waals surface area contributed by atoms with Crippen LogP contribution in [0.2, 0.25) is 0 Å². The van der Waals surface area contributed by atoms with Gasteiger partial charge in [-0.05, 0) is 17.7 Å². The van der Waals surface area contributed by atoms with Gasteiger partial charge in [0.25, 0.3) is 0 Å². The van der Waals surface area contributed by atoms with Crippen molar-refractivity contribution in [2.24, 2.45) is 0 Å². The van der Waals surface area contributed by atoms with E-state index in [1.165, 1.54) is 18.2 Å². The second-order valence-corrected chi connectivity index (χ2v) is 3.19. The second-order valence-electron chi connectivity index (χ2n) is 3.19. The normalized spacial score (nSPS) is 13.8. The van der Waals surface area contributed by atoms with Crippen molar-refractivity contribution in [3.05, 3.63) is 29.3 Å². The maximum absolute atomic E-state index is 10.4. The molecule has 6 heteroatoms. The first kappa shape index (κ1) is 12.0. The predicted octanol–water partition coefficient (Wildman–Crippen LogP) is -0.381. The second kappa shape index (κ2) is 4.61. The molecule has 0 aliphatic heterocycles. The Bertz CT molecular complexity index is 453. The van der Waals surface area contributed by atoms with E-state index in [4.69, 9.17) is 21.2 Å². The highest BCUT2D eigenvalue weighted by Crippen LogP contribution is 2.21. The quantitative estimate of drug-likeness (QED) is 0.516. The van der Waals surface area contributed by atoms with Crippen LogP contribution in [0, 0.1) is 11.3 Å². The third-order valence-corrected chi connectivity index (χ3v) is 2.09. The molecule has 1 rings (SSSR count). The SMILES string of the molecule is N#Cc1cc(C(O)C(O)C(=O)O)ccc1N. The molecule has 0 fully saturated rings. The Hall–Kier alpha value is -2.10. The van der Waals surface area contributed by atoms with E-state index in [1.807, 2.05) is 0 Å². The Kier molecular flexibility index (Phi) is 3.45. The number of aliphatic hydroxyl groups excluding tert-OH is 2. The lowest BCUT2D eigenvalue weighted by atomic mass is 10.0. The lowest BCUT2D eigenvalue weighted by Crippen LogP contribution is -2.27. The highest BCUT2D eigenvalue weighted by Gasteiger charge is 2.25. The van der Waals surface area contributed by atoms with Crippen molar-refractivity contribution >= 4 is 11.7 Å². The zero-order valence-corrected chi connectivity index (χ0v) is 8.16. The number of benzene rings is 1. The van der Waals surface area contributed by atoms with Gasteiger partial charge in [0, 0.05) is 5.69 Å². The lowest BCUT2D eigenvalue weighted by Gasteiger charge is -2.14. The molecule has 0 radical (unpaired) electrons. The number of hydrogen-bond donors (Lipinski definition) is 4. The van der Waals surface area contributed by atoms with Gasteiger partial charge in [0.1, 0.15) is 12.2 Å². The van der Waals surface area contributed by atoms with E-state index in [1.54, 1.807) is 6.07 Å². The van der Waals surface area contributed by atoms with E-state index in [0.29, 0.717) is 0 Å². The number of nitrogens with zero attached hydrogens (tertiary/aromatic N) is 1. The predicted molar refractivity (Wildman–Crippen MR) is 54.2 cm³/mol. The van der Waals surface area contributed by atoms with Gasteiger partial charge in [0.05, 0.1) is 5.56 Å². The molecular formula is C10H10N2O4. The highest BCUT2D eigenvalue weighted by atomic mass is 16.4. The number of aliphatic carboxylic acids is 1. The van der Waals surface area contributed by atoms with Crippen molar-refractivity contribution in [1.82, 2.24) is 0 Å². The van der Waals surface area contributed by atoms with Crippen LogP contribution in [0.5, 0.6) is 0 Å². The number of nitrogens with two attached hydrogens (primary N) is 1. The van der Waals surface area contributed by atoms with E-state index >= 15 is 0 Å². The van der Waals surface area contributed by atoms with Crippen LogP contribution in [0.25, 0.3) is 0 Å². The molecule has 0 aliphatic carbocycles. The Balaban J connectivity index is 3.06. The number of aliphatic hydroxyl groups is 2. The van der Waals surface area contributed by atoms with Crippen LogP contribution < -0.4 is 5.73 Å². The summed E-state index contributed by atoms with van der Waals surface area (Å²) in [5, 5.41) is 35.8. The van der Waals surface area contributed by atoms with Gasteiger partial charge in [-0.1, -0.05) is 6.07 Å². The zero-order chi connectivity index (χ0) is 12.3. The smallest absolute Gasteiger partial charge is 0.335 e. The van der Waals surface area contributed by atoms with Gasteiger partial charge in [0.2, 0.25) is 0 Å². The summed E-state index contributed by atoms with van der Waals surface area (Å²) in [4.78, 5) is 10.4. The molecule has 0 amide bonds. The van der Waals surface area contributed by atoms with Crippen molar-refractivity contribution < 1.29 is 20.1 Å². The monoisotopic (exact) mass is 222 g/mol. The highest BCUT2D eigenvalue weighted by molar-refractivity contribution is 5.73. The molecule has 84 valence electrons. The molecule has 6 nitrogen and oxygen atoms in total. The minimum atomic E-state index is -1.94. The topological polar surface area (TPSA) is 128 Å². The van der Waals surface area contributed by atoms with Crippen molar-refractivity contribution in [2.45, 2.75) is 12.2 Å². The molecule has 0 spiro atoms. The largest absolute Gasteiger partial charge is 0.479 e. The van der Waals surface area contributed by atoms with Crippen LogP contribution in [0.3, 0.4) is 0 Å². The van der Waals surface area contributed by atoms with E-state index < -0.39 is 18.2 Å². The van der Waals surface area contributed by atoms with Crippen molar-refractivity contribution in [2.75, 3.05) is 5.73 Å². The first-order valence-corrected chi connectivity index (χ1v) is 4.36. The van der Waals surface area contributed by atoms with E-state index in [-0.39, 0.29) is 16.8 Å². The Morgan fingerprint density at radius 1 is 1.44 bits per heavy atom. The molecule has 2 atom stereocenters. The van der Waals surface area contributed by atoms with Crippen molar-refractivity contribution in [3.8, 4) is 6.07 Å². The summed E-state index contributed by atoms with van der Waals surface area (Å²) in [5.41, 5.74) is 5.92. The Morgan fingerprint density at radius 2 is 2.06 bits per heavy atom. The van der Waals surface area contributed by atoms with E-state index in [0.717, 1.165) is 0 Å². The van der Waals surface area contributed by atoms with Gasteiger partial charge in [-0.25, -0.2) is 4.79 Å². The summed E-state index contributed by atoms with van der Waals surface area (Å²) in [6, 6.07) is 5.76. The molecule has 0 saturated carbocycles. The summed E-state index contributed by atoms with van der Waals surface area (Å²) in [6.45, 7) is 0. The number of carboxylic acid groups (broad SMARTS) is 1. The summed E-state index contributed by atoms with van der Waals surface area (Å²) >= 11 is 0. The van der Waals surface area contributed by atoms with Crippen molar-refractivity contribution in [3.63, 3.8) is 0 Å². The molecule has 0 aliphatic rings. The minimum absolute atomic E-state index is 0.120. The van der Waals surface area contributed by atoms with Gasteiger partial charge >= 0.3 is 5.97 Å². The molecule has 16 heavy (non-hydrogen) atoms. The van der Waals surface area contributed by atoms with Crippen molar-refractivity contribution in [1.29, 1.82) is 5.26 Å². The summed E-state index contributed by atoms with van der Waals surface area (Å²) in [6.07, 6.45) is -3.53. The third kappa shape index (κ3) is 2.28. The number of carboxylic acids is 1. The first-order valence-electron chi connectivity index (χ1n) is 4.36. The fourth-order valence-corrected chi connectivity index (χ4v) is 1.17. The van der Waals surface area contributed by atoms with Gasteiger partial charge in [-0.2, -0.15) is 5.26 Å². The number of hydrogen-bond acceptors (Lipinski definition) is 5. The minimum Gasteiger partial charge on any atom is -0.479 e.